The van der Waals surface area contributed by atoms with Crippen molar-refractivity contribution in [2.24, 2.45) is 5.92 Å². The lowest BCUT2D eigenvalue weighted by Crippen LogP contribution is -3.15. The first-order valence-electron chi connectivity index (χ1n) is 10.0. The van der Waals surface area contributed by atoms with Gasteiger partial charge in [-0.15, -0.1) is 0 Å². The smallest absolute Gasteiger partial charge is 0.275 e. The molecule has 7 heteroatoms. The Kier molecular flexibility index (Phi) is 6.23. The zero-order chi connectivity index (χ0) is 19.6. The summed E-state index contributed by atoms with van der Waals surface area (Å²) in [6.07, 6.45) is 3.13. The van der Waals surface area contributed by atoms with E-state index in [1.54, 1.807) is 10.4 Å². The predicted molar refractivity (Wildman–Crippen MR) is 105 cm³/mol. The van der Waals surface area contributed by atoms with Gasteiger partial charge in [0.05, 0.1) is 31.1 Å². The average molecular weight is 395 g/mol. The van der Waals surface area contributed by atoms with E-state index in [1.807, 2.05) is 19.1 Å². The van der Waals surface area contributed by atoms with Crippen molar-refractivity contribution in [1.82, 2.24) is 9.62 Å². The maximum atomic E-state index is 13.0. The highest BCUT2D eigenvalue weighted by Crippen LogP contribution is 2.26. The van der Waals surface area contributed by atoms with Gasteiger partial charge in [0.15, 0.2) is 6.54 Å². The number of rotatable bonds is 6. The van der Waals surface area contributed by atoms with Crippen molar-refractivity contribution in [2.75, 3.05) is 32.7 Å². The Morgan fingerprint density at radius 3 is 2.48 bits per heavy atom. The first-order valence-corrected chi connectivity index (χ1v) is 11.5. The second kappa shape index (κ2) is 8.29. The number of aryl methyl sites for hydroxylation is 2. The lowest BCUT2D eigenvalue weighted by molar-refractivity contribution is -0.895. The zero-order valence-corrected chi connectivity index (χ0v) is 17.4. The topological polar surface area (TPSA) is 70.9 Å². The first-order chi connectivity index (χ1) is 12.8. The molecule has 27 heavy (non-hydrogen) atoms. The molecule has 2 N–H and O–H groups in total. The standard InChI is InChI=1S/C20H31N3O3S/c1-15(2)16(3)21-20(24)14-22-9-11-23(12-10-22)27(25,26)19-8-7-17-5-4-6-18(17)13-19/h7-8,13,15-16H,4-6,9-12,14H2,1-3H3,(H,21,24)/p+1/t16-/m1/s1. The van der Waals surface area contributed by atoms with Gasteiger partial charge in [0.2, 0.25) is 10.0 Å². The Balaban J connectivity index is 1.56. The number of hydrogen-bond donors (Lipinski definition) is 2. The van der Waals surface area contributed by atoms with Crippen LogP contribution < -0.4 is 10.2 Å². The number of piperazine rings is 1. The molecule has 1 heterocycles. The molecule has 0 saturated carbocycles. The first kappa shape index (κ1) is 20.3. The van der Waals surface area contributed by atoms with Crippen LogP contribution in [0.4, 0.5) is 0 Å². The average Bonchev–Trinajstić information content (AvgIpc) is 3.09. The number of quaternary nitrogens is 1. The Morgan fingerprint density at radius 2 is 1.81 bits per heavy atom. The molecule has 6 nitrogen and oxygen atoms in total. The number of sulfonamides is 1. The second-order valence-corrected chi connectivity index (χ2v) is 10.2. The van der Waals surface area contributed by atoms with Crippen molar-refractivity contribution >= 4 is 15.9 Å². The molecule has 1 fully saturated rings. The van der Waals surface area contributed by atoms with Crippen LogP contribution in [0.1, 0.15) is 38.3 Å². The molecule has 1 aliphatic heterocycles. The Bertz CT molecular complexity index is 784. The van der Waals surface area contributed by atoms with E-state index in [0.29, 0.717) is 43.5 Å². The highest BCUT2D eigenvalue weighted by atomic mass is 32.2. The SMILES string of the molecule is CC(C)[C@@H](C)NC(=O)C[NH+]1CCN(S(=O)(=O)c2ccc3c(c2)CCC3)CC1. The van der Waals surface area contributed by atoms with Gasteiger partial charge >= 0.3 is 0 Å². The summed E-state index contributed by atoms with van der Waals surface area (Å²) < 4.78 is 27.5. The molecule has 0 aromatic heterocycles. The number of fused-ring (bicyclic) bond motifs is 1. The summed E-state index contributed by atoms with van der Waals surface area (Å²) in [7, 11) is -3.45. The molecule has 0 unspecified atom stereocenters. The van der Waals surface area contributed by atoms with Crippen molar-refractivity contribution in [3.8, 4) is 0 Å². The van der Waals surface area contributed by atoms with E-state index in [2.05, 4.69) is 19.2 Å². The van der Waals surface area contributed by atoms with Crippen molar-refractivity contribution in [3.63, 3.8) is 0 Å². The fraction of sp³-hybridized carbons (Fsp3) is 0.650. The number of carbonyl (C=O) groups is 1. The summed E-state index contributed by atoms with van der Waals surface area (Å²) in [5.41, 5.74) is 2.46. The predicted octanol–water partition coefficient (Wildman–Crippen LogP) is 0.225. The third-order valence-electron chi connectivity index (χ3n) is 5.94. The maximum absolute atomic E-state index is 13.0. The second-order valence-electron chi connectivity index (χ2n) is 8.22. The van der Waals surface area contributed by atoms with Gasteiger partial charge in [-0.2, -0.15) is 4.31 Å². The minimum absolute atomic E-state index is 0.0427. The third-order valence-corrected chi connectivity index (χ3v) is 7.83. The third kappa shape index (κ3) is 4.70. The molecule has 2 aliphatic rings. The number of nitrogens with zero attached hydrogens (tertiary/aromatic N) is 1. The van der Waals surface area contributed by atoms with Gasteiger partial charge in [-0.05, 0) is 55.4 Å². The monoisotopic (exact) mass is 394 g/mol. The lowest BCUT2D eigenvalue weighted by Gasteiger charge is -2.31. The van der Waals surface area contributed by atoms with Crippen LogP contribution in [0, 0.1) is 5.92 Å². The van der Waals surface area contributed by atoms with Crippen molar-refractivity contribution in [3.05, 3.63) is 29.3 Å². The molecule has 1 aliphatic carbocycles. The van der Waals surface area contributed by atoms with Gasteiger partial charge in [-0.1, -0.05) is 19.9 Å². The van der Waals surface area contributed by atoms with Gasteiger partial charge in [0.1, 0.15) is 0 Å². The van der Waals surface area contributed by atoms with Crippen LogP contribution in [-0.4, -0.2) is 57.4 Å². The van der Waals surface area contributed by atoms with Crippen LogP contribution in [0.2, 0.25) is 0 Å². The maximum Gasteiger partial charge on any atom is 0.275 e. The quantitative estimate of drug-likeness (QED) is 0.725. The molecule has 3 rings (SSSR count). The fourth-order valence-electron chi connectivity index (χ4n) is 3.78. The Labute approximate surface area is 163 Å². The molecule has 1 atom stereocenters. The minimum Gasteiger partial charge on any atom is -0.348 e. The van der Waals surface area contributed by atoms with E-state index >= 15 is 0 Å². The van der Waals surface area contributed by atoms with E-state index < -0.39 is 10.0 Å². The van der Waals surface area contributed by atoms with Gasteiger partial charge < -0.3 is 10.2 Å². The summed E-state index contributed by atoms with van der Waals surface area (Å²) in [5, 5.41) is 3.03. The Hall–Kier alpha value is -1.44. The number of hydrogen-bond acceptors (Lipinski definition) is 3. The number of amides is 1. The fourth-order valence-corrected chi connectivity index (χ4v) is 5.27. The summed E-state index contributed by atoms with van der Waals surface area (Å²) in [5.74, 6) is 0.444. The summed E-state index contributed by atoms with van der Waals surface area (Å²) in [6.45, 7) is 8.83. The highest BCUT2D eigenvalue weighted by Gasteiger charge is 2.32. The van der Waals surface area contributed by atoms with E-state index in [4.69, 9.17) is 0 Å². The van der Waals surface area contributed by atoms with Crippen LogP contribution in [0.25, 0.3) is 0 Å². The van der Waals surface area contributed by atoms with Crippen LogP contribution in [0.3, 0.4) is 0 Å². The lowest BCUT2D eigenvalue weighted by atomic mass is 10.1. The molecule has 1 aromatic rings. The summed E-state index contributed by atoms with van der Waals surface area (Å²) in [4.78, 5) is 13.7. The van der Waals surface area contributed by atoms with E-state index in [-0.39, 0.29) is 11.9 Å². The normalized spacial score (nSPS) is 19.9. The molecule has 0 radical (unpaired) electrons. The Morgan fingerprint density at radius 1 is 1.15 bits per heavy atom. The highest BCUT2D eigenvalue weighted by molar-refractivity contribution is 7.89. The van der Waals surface area contributed by atoms with Gasteiger partial charge in [-0.3, -0.25) is 4.79 Å². The van der Waals surface area contributed by atoms with Crippen LogP contribution in [-0.2, 0) is 27.7 Å². The number of benzene rings is 1. The molecular formula is C20H32N3O3S+. The van der Waals surface area contributed by atoms with Crippen LogP contribution in [0.15, 0.2) is 23.1 Å². The summed E-state index contributed by atoms with van der Waals surface area (Å²) in [6, 6.07) is 5.73. The van der Waals surface area contributed by atoms with Gasteiger partial charge in [-0.25, -0.2) is 8.42 Å². The van der Waals surface area contributed by atoms with Crippen LogP contribution in [0.5, 0.6) is 0 Å². The molecule has 1 amide bonds. The van der Waals surface area contributed by atoms with Crippen molar-refractivity contribution < 1.29 is 18.1 Å². The number of carbonyl (C=O) groups excluding carboxylic acids is 1. The zero-order valence-electron chi connectivity index (χ0n) is 16.6. The van der Waals surface area contributed by atoms with E-state index in [9.17, 15) is 13.2 Å². The molecule has 1 aromatic carbocycles. The van der Waals surface area contributed by atoms with Crippen molar-refractivity contribution in [2.45, 2.75) is 51.0 Å². The molecule has 1 saturated heterocycles. The summed E-state index contributed by atoms with van der Waals surface area (Å²) >= 11 is 0. The van der Waals surface area contributed by atoms with Crippen LogP contribution >= 0.6 is 0 Å². The largest absolute Gasteiger partial charge is 0.348 e. The molecule has 150 valence electrons. The van der Waals surface area contributed by atoms with E-state index in [0.717, 1.165) is 24.2 Å². The molecular weight excluding hydrogens is 362 g/mol. The minimum atomic E-state index is -3.45. The number of nitrogens with one attached hydrogen (secondary N) is 2. The van der Waals surface area contributed by atoms with E-state index in [1.165, 1.54) is 11.1 Å². The van der Waals surface area contributed by atoms with Gasteiger partial charge in [0, 0.05) is 6.04 Å². The molecule has 0 bridgehead atoms. The molecule has 0 spiro atoms. The van der Waals surface area contributed by atoms with Gasteiger partial charge in [0.25, 0.3) is 5.91 Å². The van der Waals surface area contributed by atoms with Crippen molar-refractivity contribution in [1.29, 1.82) is 0 Å².